The minimum absolute atomic E-state index is 0.00440. The van der Waals surface area contributed by atoms with Crippen LogP contribution in [0, 0.1) is 11.7 Å². The fourth-order valence-electron chi connectivity index (χ4n) is 3.34. The lowest BCUT2D eigenvalue weighted by molar-refractivity contribution is -0.120. The zero-order valence-corrected chi connectivity index (χ0v) is 15.9. The van der Waals surface area contributed by atoms with Crippen molar-refractivity contribution in [1.29, 1.82) is 0 Å². The molecule has 4 rings (SSSR count). The van der Waals surface area contributed by atoms with Crippen LogP contribution in [0.5, 0.6) is 0 Å². The molecule has 7 heteroatoms. The van der Waals surface area contributed by atoms with Gasteiger partial charge in [0.25, 0.3) is 0 Å². The van der Waals surface area contributed by atoms with E-state index in [0.29, 0.717) is 18.2 Å². The topological polar surface area (TPSA) is 78.9 Å². The van der Waals surface area contributed by atoms with Crippen molar-refractivity contribution in [2.45, 2.75) is 12.8 Å². The third-order valence-corrected chi connectivity index (χ3v) is 4.89. The molecule has 1 aliphatic heterocycles. The highest BCUT2D eigenvalue weighted by atomic mass is 19.1. The van der Waals surface area contributed by atoms with Crippen molar-refractivity contribution in [2.24, 2.45) is 5.92 Å². The Labute approximate surface area is 168 Å². The van der Waals surface area contributed by atoms with E-state index in [4.69, 9.17) is 0 Å². The van der Waals surface area contributed by atoms with Gasteiger partial charge in [0.1, 0.15) is 17.5 Å². The summed E-state index contributed by atoms with van der Waals surface area (Å²) in [5.74, 6) is 0.859. The van der Waals surface area contributed by atoms with Gasteiger partial charge >= 0.3 is 0 Å². The number of aromatic nitrogens is 2. The van der Waals surface area contributed by atoms with Crippen molar-refractivity contribution in [3.63, 3.8) is 0 Å². The van der Waals surface area contributed by atoms with E-state index in [1.807, 2.05) is 24.3 Å². The smallest absolute Gasteiger partial charge is 0.229 e. The van der Waals surface area contributed by atoms with Crippen molar-refractivity contribution < 1.29 is 9.18 Å². The standard InChI is InChI=1S/C22H22FN5O/c23-18-3-5-19(6-4-18)27-20-12-15(7-10-25-20)16-8-11-26-21(13-16)28-22(29)17-2-1-9-24-14-17/h3-8,10-13,17,24H,1-2,9,14H2,(H,25,27)(H,26,28,29). The average molecular weight is 391 g/mol. The van der Waals surface area contributed by atoms with E-state index in [1.54, 1.807) is 24.5 Å². The number of amides is 1. The summed E-state index contributed by atoms with van der Waals surface area (Å²) in [7, 11) is 0. The maximum atomic E-state index is 13.1. The van der Waals surface area contributed by atoms with Crippen LogP contribution in [0.15, 0.2) is 60.9 Å². The first-order chi connectivity index (χ1) is 14.2. The van der Waals surface area contributed by atoms with Crippen molar-refractivity contribution >= 4 is 23.2 Å². The van der Waals surface area contributed by atoms with Gasteiger partial charge in [0.2, 0.25) is 5.91 Å². The monoisotopic (exact) mass is 391 g/mol. The summed E-state index contributed by atoms with van der Waals surface area (Å²) < 4.78 is 13.1. The van der Waals surface area contributed by atoms with E-state index >= 15 is 0 Å². The highest BCUT2D eigenvalue weighted by Crippen LogP contribution is 2.25. The largest absolute Gasteiger partial charge is 0.340 e. The minimum atomic E-state index is -0.285. The molecule has 3 heterocycles. The highest BCUT2D eigenvalue weighted by Gasteiger charge is 2.21. The number of benzene rings is 1. The van der Waals surface area contributed by atoms with E-state index in [2.05, 4.69) is 25.9 Å². The molecule has 1 fully saturated rings. The zero-order chi connectivity index (χ0) is 20.1. The molecule has 0 radical (unpaired) electrons. The Kier molecular flexibility index (Phi) is 5.76. The summed E-state index contributed by atoms with van der Waals surface area (Å²) in [6, 6.07) is 13.6. The Bertz CT molecular complexity index is 987. The van der Waals surface area contributed by atoms with Crippen LogP contribution in [0.1, 0.15) is 12.8 Å². The second-order valence-corrected chi connectivity index (χ2v) is 7.02. The van der Waals surface area contributed by atoms with Gasteiger partial charge in [-0.15, -0.1) is 0 Å². The molecule has 3 aromatic rings. The number of nitrogens with one attached hydrogen (secondary N) is 3. The molecule has 1 saturated heterocycles. The van der Waals surface area contributed by atoms with Crippen molar-refractivity contribution in [1.82, 2.24) is 15.3 Å². The Morgan fingerprint density at radius 2 is 1.69 bits per heavy atom. The second-order valence-electron chi connectivity index (χ2n) is 7.02. The van der Waals surface area contributed by atoms with Crippen molar-refractivity contribution in [3.8, 4) is 11.1 Å². The molecule has 6 nitrogen and oxygen atoms in total. The van der Waals surface area contributed by atoms with Gasteiger partial charge < -0.3 is 16.0 Å². The first-order valence-corrected chi connectivity index (χ1v) is 9.64. The first kappa shape index (κ1) is 19.0. The number of carbonyl (C=O) groups is 1. The van der Waals surface area contributed by atoms with Crippen molar-refractivity contribution in [3.05, 3.63) is 66.7 Å². The van der Waals surface area contributed by atoms with Gasteiger partial charge in [0, 0.05) is 24.6 Å². The quantitative estimate of drug-likeness (QED) is 0.613. The van der Waals surface area contributed by atoms with Gasteiger partial charge in [-0.2, -0.15) is 0 Å². The molecule has 0 bridgehead atoms. The number of halogens is 1. The lowest BCUT2D eigenvalue weighted by Gasteiger charge is -2.21. The molecular formula is C22H22FN5O. The second kappa shape index (κ2) is 8.79. The molecule has 0 aliphatic carbocycles. The number of carbonyl (C=O) groups excluding carboxylic acids is 1. The summed E-state index contributed by atoms with van der Waals surface area (Å²) in [5.41, 5.74) is 2.60. The predicted molar refractivity (Wildman–Crippen MR) is 111 cm³/mol. The lowest BCUT2D eigenvalue weighted by Crippen LogP contribution is -2.37. The van der Waals surface area contributed by atoms with Gasteiger partial charge in [0.15, 0.2) is 0 Å². The molecule has 0 spiro atoms. The first-order valence-electron chi connectivity index (χ1n) is 9.64. The number of rotatable bonds is 5. The fourth-order valence-corrected chi connectivity index (χ4v) is 3.34. The van der Waals surface area contributed by atoms with Gasteiger partial charge in [-0.3, -0.25) is 4.79 Å². The molecule has 3 N–H and O–H groups in total. The highest BCUT2D eigenvalue weighted by molar-refractivity contribution is 5.92. The Morgan fingerprint density at radius 3 is 2.38 bits per heavy atom. The SMILES string of the molecule is O=C(Nc1cc(-c2ccnc(Nc3ccc(F)cc3)c2)ccn1)C1CCCNC1. The minimum Gasteiger partial charge on any atom is -0.340 e. The lowest BCUT2D eigenvalue weighted by atomic mass is 9.99. The van der Waals surface area contributed by atoms with Crippen LogP contribution >= 0.6 is 0 Å². The van der Waals surface area contributed by atoms with Crippen molar-refractivity contribution in [2.75, 3.05) is 23.7 Å². The number of pyridine rings is 2. The molecule has 1 unspecified atom stereocenters. The van der Waals surface area contributed by atoms with E-state index in [9.17, 15) is 9.18 Å². The third-order valence-electron chi connectivity index (χ3n) is 4.89. The zero-order valence-electron chi connectivity index (χ0n) is 15.9. The predicted octanol–water partition coefficient (Wildman–Crippen LogP) is 3.96. The maximum absolute atomic E-state index is 13.1. The van der Waals surface area contributed by atoms with Crippen LogP contribution < -0.4 is 16.0 Å². The van der Waals surface area contributed by atoms with Gasteiger partial charge in [-0.05, 0) is 79.0 Å². The summed E-state index contributed by atoms with van der Waals surface area (Å²) in [4.78, 5) is 21.1. The third kappa shape index (κ3) is 4.94. The number of piperidine rings is 1. The average Bonchev–Trinajstić information content (AvgIpc) is 2.76. The Balaban J connectivity index is 1.49. The Hall–Kier alpha value is -3.32. The molecule has 2 aromatic heterocycles. The maximum Gasteiger partial charge on any atom is 0.229 e. The van der Waals surface area contributed by atoms with Gasteiger partial charge in [0.05, 0.1) is 5.92 Å². The molecule has 29 heavy (non-hydrogen) atoms. The molecule has 1 aromatic carbocycles. The van der Waals surface area contributed by atoms with Crippen LogP contribution in [-0.2, 0) is 4.79 Å². The molecule has 1 atom stereocenters. The Morgan fingerprint density at radius 1 is 1.00 bits per heavy atom. The summed E-state index contributed by atoms with van der Waals surface area (Å²) in [5, 5.41) is 9.34. The molecule has 148 valence electrons. The normalized spacial score (nSPS) is 16.2. The number of hydrogen-bond acceptors (Lipinski definition) is 5. The molecule has 0 saturated carbocycles. The van der Waals surface area contributed by atoms with Gasteiger partial charge in [-0.1, -0.05) is 0 Å². The van der Waals surface area contributed by atoms with Crippen LogP contribution in [0.2, 0.25) is 0 Å². The van der Waals surface area contributed by atoms with Gasteiger partial charge in [-0.25, -0.2) is 14.4 Å². The number of anilines is 3. The van der Waals surface area contributed by atoms with E-state index < -0.39 is 0 Å². The van der Waals surface area contributed by atoms with E-state index in [-0.39, 0.29) is 17.6 Å². The number of nitrogens with zero attached hydrogens (tertiary/aromatic N) is 2. The van der Waals surface area contributed by atoms with E-state index in [1.165, 1.54) is 12.1 Å². The summed E-state index contributed by atoms with van der Waals surface area (Å²) in [6.45, 7) is 1.67. The summed E-state index contributed by atoms with van der Waals surface area (Å²) in [6.07, 6.45) is 5.28. The molecular weight excluding hydrogens is 369 g/mol. The van der Waals surface area contributed by atoms with Crippen LogP contribution in [-0.4, -0.2) is 29.0 Å². The number of hydrogen-bond donors (Lipinski definition) is 3. The fraction of sp³-hybridized carbons (Fsp3) is 0.227. The van der Waals surface area contributed by atoms with Crippen LogP contribution in [0.4, 0.5) is 21.7 Å². The molecule has 1 aliphatic rings. The summed E-state index contributed by atoms with van der Waals surface area (Å²) >= 11 is 0. The van der Waals surface area contributed by atoms with Crippen LogP contribution in [0.25, 0.3) is 11.1 Å². The van der Waals surface area contributed by atoms with Crippen LogP contribution in [0.3, 0.4) is 0 Å². The molecule has 1 amide bonds. The van der Waals surface area contributed by atoms with E-state index in [0.717, 1.165) is 36.2 Å².